The van der Waals surface area contributed by atoms with Gasteiger partial charge in [0, 0.05) is 18.2 Å². The Bertz CT molecular complexity index is 1020. The molecule has 146 valence electrons. The molecule has 6 nitrogen and oxygen atoms in total. The number of nitrogens with one attached hydrogen (secondary N) is 1. The normalized spacial score (nSPS) is 10.7. The van der Waals surface area contributed by atoms with Gasteiger partial charge in [-0.25, -0.2) is 0 Å². The largest absolute Gasteiger partial charge is 0.497 e. The molecule has 3 aromatic rings. The maximum Gasteiger partial charge on any atom is 0.253 e. The van der Waals surface area contributed by atoms with E-state index < -0.39 is 0 Å². The molecule has 0 fully saturated rings. The summed E-state index contributed by atoms with van der Waals surface area (Å²) in [5, 5.41) is 0.897. The molecular formula is C22H24N2O4. The van der Waals surface area contributed by atoms with Gasteiger partial charge in [0.1, 0.15) is 11.5 Å². The van der Waals surface area contributed by atoms with Crippen LogP contribution in [-0.2, 0) is 17.8 Å². The molecule has 0 radical (unpaired) electrons. The summed E-state index contributed by atoms with van der Waals surface area (Å²) in [4.78, 5) is 29.8. The Kier molecular flexibility index (Phi) is 5.99. The van der Waals surface area contributed by atoms with Crippen molar-refractivity contribution >= 4 is 16.8 Å². The van der Waals surface area contributed by atoms with E-state index in [1.54, 1.807) is 25.2 Å². The molecule has 0 saturated heterocycles. The summed E-state index contributed by atoms with van der Waals surface area (Å²) >= 11 is 0. The van der Waals surface area contributed by atoms with Crippen LogP contribution in [0.3, 0.4) is 0 Å². The number of hydrogen-bond donors (Lipinski definition) is 1. The number of fused-ring (bicyclic) bond motifs is 1. The lowest BCUT2D eigenvalue weighted by atomic mass is 10.1. The number of H-pyrrole nitrogens is 1. The van der Waals surface area contributed by atoms with Gasteiger partial charge in [0.05, 0.1) is 32.7 Å². The fraction of sp³-hybridized carbons (Fsp3) is 0.273. The van der Waals surface area contributed by atoms with E-state index in [2.05, 4.69) is 4.98 Å². The van der Waals surface area contributed by atoms with Crippen molar-refractivity contribution in [2.45, 2.75) is 19.9 Å². The molecule has 28 heavy (non-hydrogen) atoms. The van der Waals surface area contributed by atoms with Crippen molar-refractivity contribution in [2.75, 3.05) is 20.8 Å². The van der Waals surface area contributed by atoms with Gasteiger partial charge in [0.2, 0.25) is 5.91 Å². The summed E-state index contributed by atoms with van der Waals surface area (Å²) in [5.74, 6) is 1.41. The Balaban J connectivity index is 1.78. The van der Waals surface area contributed by atoms with Crippen molar-refractivity contribution in [3.05, 3.63) is 70.0 Å². The number of carbonyl (C=O) groups is 1. The number of aromatic amines is 1. The molecule has 0 atom stereocenters. The van der Waals surface area contributed by atoms with E-state index in [9.17, 15) is 9.59 Å². The summed E-state index contributed by atoms with van der Waals surface area (Å²) in [5.41, 5.74) is 1.98. The van der Waals surface area contributed by atoms with Crippen molar-refractivity contribution in [2.24, 2.45) is 0 Å². The van der Waals surface area contributed by atoms with Crippen LogP contribution in [0, 0.1) is 0 Å². The van der Waals surface area contributed by atoms with E-state index in [0.717, 1.165) is 16.7 Å². The van der Waals surface area contributed by atoms with Crippen LogP contribution in [0.15, 0.2) is 53.3 Å². The minimum absolute atomic E-state index is 0.0260. The van der Waals surface area contributed by atoms with Gasteiger partial charge in [-0.3, -0.25) is 9.59 Å². The first-order valence-electron chi connectivity index (χ1n) is 9.14. The number of amides is 1. The average molecular weight is 380 g/mol. The van der Waals surface area contributed by atoms with Crippen LogP contribution >= 0.6 is 0 Å². The molecule has 3 rings (SSSR count). The number of likely N-dealkylation sites (N-methyl/N-ethyl adjacent to an activating group) is 1. The van der Waals surface area contributed by atoms with Crippen LogP contribution in [-0.4, -0.2) is 36.6 Å². The molecule has 6 heteroatoms. The number of methoxy groups -OCH3 is 2. The number of ether oxygens (including phenoxy) is 2. The Hall–Kier alpha value is -3.28. The van der Waals surface area contributed by atoms with E-state index in [-0.39, 0.29) is 24.4 Å². The van der Waals surface area contributed by atoms with E-state index in [1.165, 1.54) is 0 Å². The summed E-state index contributed by atoms with van der Waals surface area (Å²) < 4.78 is 10.3. The van der Waals surface area contributed by atoms with Gasteiger partial charge in [-0.15, -0.1) is 0 Å². The van der Waals surface area contributed by atoms with Gasteiger partial charge in [-0.1, -0.05) is 12.1 Å². The van der Waals surface area contributed by atoms with Crippen LogP contribution in [0.1, 0.15) is 18.1 Å². The zero-order chi connectivity index (χ0) is 20.1. The average Bonchev–Trinajstić information content (AvgIpc) is 2.72. The third-order valence-corrected chi connectivity index (χ3v) is 4.74. The fourth-order valence-corrected chi connectivity index (χ4v) is 3.08. The first-order valence-corrected chi connectivity index (χ1v) is 9.14. The lowest BCUT2D eigenvalue weighted by Crippen LogP contribution is -2.33. The number of hydrogen-bond acceptors (Lipinski definition) is 4. The number of rotatable bonds is 7. The topological polar surface area (TPSA) is 71.6 Å². The van der Waals surface area contributed by atoms with Crippen LogP contribution in [0.25, 0.3) is 10.9 Å². The van der Waals surface area contributed by atoms with Gasteiger partial charge in [-0.2, -0.15) is 0 Å². The standard InChI is InChI=1S/C22H24N2O4/c1-4-24(21(25)11-15-5-8-18(27-2)9-6-15)14-17-12-16-7-10-19(28-3)13-20(16)23-22(17)26/h5-10,12-13H,4,11,14H2,1-3H3,(H,23,26). The molecule has 0 aliphatic carbocycles. The predicted octanol–water partition coefficient (Wildman–Crippen LogP) is 3.14. The van der Waals surface area contributed by atoms with Crippen molar-refractivity contribution in [3.63, 3.8) is 0 Å². The molecule has 2 aromatic carbocycles. The Labute approximate surface area is 163 Å². The molecule has 1 N–H and O–H groups in total. The summed E-state index contributed by atoms with van der Waals surface area (Å²) in [6.45, 7) is 2.70. The molecule has 1 heterocycles. The van der Waals surface area contributed by atoms with Gasteiger partial charge in [0.15, 0.2) is 0 Å². The second-order valence-corrected chi connectivity index (χ2v) is 6.51. The maximum absolute atomic E-state index is 12.7. The Morgan fingerprint density at radius 3 is 2.32 bits per heavy atom. The summed E-state index contributed by atoms with van der Waals surface area (Å²) in [6.07, 6.45) is 0.278. The highest BCUT2D eigenvalue weighted by atomic mass is 16.5. The summed E-state index contributed by atoms with van der Waals surface area (Å²) in [7, 11) is 3.19. The van der Waals surface area contributed by atoms with E-state index in [1.807, 2.05) is 49.4 Å². The molecule has 0 bridgehead atoms. The first kappa shape index (κ1) is 19.5. The smallest absolute Gasteiger partial charge is 0.253 e. The minimum Gasteiger partial charge on any atom is -0.497 e. The van der Waals surface area contributed by atoms with Crippen LogP contribution in [0.4, 0.5) is 0 Å². The second kappa shape index (κ2) is 8.61. The molecular weight excluding hydrogens is 356 g/mol. The SMILES string of the molecule is CCN(Cc1cc2ccc(OC)cc2[nH]c1=O)C(=O)Cc1ccc(OC)cc1. The number of benzene rings is 2. The van der Waals surface area contributed by atoms with Crippen molar-refractivity contribution in [1.82, 2.24) is 9.88 Å². The third kappa shape index (κ3) is 4.34. The predicted molar refractivity (Wildman–Crippen MR) is 109 cm³/mol. The summed E-state index contributed by atoms with van der Waals surface area (Å²) in [6, 6.07) is 14.8. The monoisotopic (exact) mass is 380 g/mol. The molecule has 1 amide bonds. The van der Waals surface area contributed by atoms with Crippen molar-refractivity contribution in [1.29, 1.82) is 0 Å². The number of aromatic nitrogens is 1. The second-order valence-electron chi connectivity index (χ2n) is 6.51. The maximum atomic E-state index is 12.7. The van der Waals surface area contributed by atoms with Crippen LogP contribution in [0.5, 0.6) is 11.5 Å². The third-order valence-electron chi connectivity index (χ3n) is 4.74. The molecule has 0 saturated carbocycles. The lowest BCUT2D eigenvalue weighted by molar-refractivity contribution is -0.130. The highest BCUT2D eigenvalue weighted by Gasteiger charge is 2.15. The van der Waals surface area contributed by atoms with Crippen molar-refractivity contribution < 1.29 is 14.3 Å². The van der Waals surface area contributed by atoms with E-state index in [0.29, 0.717) is 23.4 Å². The van der Waals surface area contributed by atoms with Gasteiger partial charge < -0.3 is 19.4 Å². The zero-order valence-electron chi connectivity index (χ0n) is 16.3. The van der Waals surface area contributed by atoms with Gasteiger partial charge in [-0.05, 0) is 48.2 Å². The van der Waals surface area contributed by atoms with E-state index >= 15 is 0 Å². The van der Waals surface area contributed by atoms with Crippen LogP contribution in [0.2, 0.25) is 0 Å². The molecule has 0 aliphatic heterocycles. The highest BCUT2D eigenvalue weighted by Crippen LogP contribution is 2.19. The van der Waals surface area contributed by atoms with Crippen LogP contribution < -0.4 is 15.0 Å². The first-order chi connectivity index (χ1) is 13.5. The quantitative estimate of drug-likeness (QED) is 0.684. The fourth-order valence-electron chi connectivity index (χ4n) is 3.08. The molecule has 0 aliphatic rings. The Morgan fingerprint density at radius 2 is 1.68 bits per heavy atom. The molecule has 1 aromatic heterocycles. The number of nitrogens with zero attached hydrogens (tertiary/aromatic N) is 1. The lowest BCUT2D eigenvalue weighted by Gasteiger charge is -2.21. The van der Waals surface area contributed by atoms with E-state index in [4.69, 9.17) is 9.47 Å². The Morgan fingerprint density at radius 1 is 1.00 bits per heavy atom. The molecule has 0 spiro atoms. The minimum atomic E-state index is -0.198. The number of carbonyl (C=O) groups excluding carboxylic acids is 1. The van der Waals surface area contributed by atoms with Gasteiger partial charge >= 0.3 is 0 Å². The zero-order valence-corrected chi connectivity index (χ0v) is 16.3. The van der Waals surface area contributed by atoms with Crippen molar-refractivity contribution in [3.8, 4) is 11.5 Å². The number of pyridine rings is 1. The van der Waals surface area contributed by atoms with Gasteiger partial charge in [0.25, 0.3) is 5.56 Å². The molecule has 0 unspecified atom stereocenters. The highest BCUT2D eigenvalue weighted by molar-refractivity contribution is 5.81.